The monoisotopic (exact) mass is 1010 g/mol. The van der Waals surface area contributed by atoms with Crippen LogP contribution in [0.25, 0.3) is 11.1 Å². The van der Waals surface area contributed by atoms with Crippen molar-refractivity contribution in [3.05, 3.63) is 112 Å². The van der Waals surface area contributed by atoms with E-state index in [4.69, 9.17) is 44.8 Å². The SMILES string of the molecule is CO[C@@H]1/C=C/C=C(\C)Cc2cc(C)c(Cl)c(c2)N(C)C(=O)C[C@H](OC(=O)[C@H](C)N(C)C(=O)CCOCCOCCNC(=O)OCC2c3ccccc3-c3ccccc32)[C@]2(C)OC2[C@H](C)[C@@H]2C[C@]1(O)NC(=O)O2. The number of epoxide rings is 1. The summed E-state index contributed by atoms with van der Waals surface area (Å²) in [5, 5.41) is 17.4. The molecule has 8 atom stereocenters. The second kappa shape index (κ2) is 23.4. The van der Waals surface area contributed by atoms with Crippen LogP contribution >= 0.6 is 11.6 Å². The molecule has 1 unspecified atom stereocenters. The predicted octanol–water partition coefficient (Wildman–Crippen LogP) is 6.78. The highest BCUT2D eigenvalue weighted by Gasteiger charge is 2.64. The molecule has 2 fully saturated rings. The number of nitrogens with one attached hydrogen (secondary N) is 2. The summed E-state index contributed by atoms with van der Waals surface area (Å²) in [5.41, 5.74) is 4.55. The maximum atomic E-state index is 14.3. The molecule has 72 heavy (non-hydrogen) atoms. The molecule has 3 N–H and O–H groups in total. The topological polar surface area (TPSA) is 204 Å². The molecule has 3 heterocycles. The van der Waals surface area contributed by atoms with E-state index in [1.165, 1.54) is 30.9 Å². The van der Waals surface area contributed by atoms with E-state index in [1.807, 2.05) is 56.3 Å². The number of carbonyl (C=O) groups is 5. The number of likely N-dealkylation sites (N-methyl/N-ethyl adjacent to an activating group) is 1. The summed E-state index contributed by atoms with van der Waals surface area (Å²) in [4.78, 5) is 69.7. The highest BCUT2D eigenvalue weighted by Crippen LogP contribution is 2.49. The molecule has 18 heteroatoms. The quantitative estimate of drug-likeness (QED) is 0.0623. The molecular formula is C54H67ClN4O13. The molecule has 4 bridgehead atoms. The Balaban J connectivity index is 0.910. The second-order valence-electron chi connectivity index (χ2n) is 19.2. The van der Waals surface area contributed by atoms with Crippen LogP contribution in [0, 0.1) is 12.8 Å². The predicted molar refractivity (Wildman–Crippen MR) is 268 cm³/mol. The van der Waals surface area contributed by atoms with Gasteiger partial charge in [0, 0.05) is 46.0 Å². The van der Waals surface area contributed by atoms with Gasteiger partial charge in [0.15, 0.2) is 5.72 Å². The number of nitrogens with zero attached hydrogens (tertiary/aromatic N) is 2. The number of rotatable bonds is 15. The van der Waals surface area contributed by atoms with Crippen LogP contribution in [0.4, 0.5) is 15.3 Å². The zero-order chi connectivity index (χ0) is 51.9. The van der Waals surface area contributed by atoms with Crippen molar-refractivity contribution in [3.63, 3.8) is 0 Å². The fourth-order valence-corrected chi connectivity index (χ4v) is 10.0. The number of aryl methyl sites for hydroxylation is 1. The number of allylic oxidation sites excluding steroid dienone is 3. The van der Waals surface area contributed by atoms with E-state index in [0.717, 1.165) is 39.0 Å². The number of hydrogen-bond donors (Lipinski definition) is 3. The van der Waals surface area contributed by atoms with E-state index in [2.05, 4.69) is 34.9 Å². The minimum Gasteiger partial charge on any atom is -0.457 e. The van der Waals surface area contributed by atoms with Crippen molar-refractivity contribution in [2.75, 3.05) is 65.7 Å². The van der Waals surface area contributed by atoms with Crippen LogP contribution in [0.1, 0.15) is 75.1 Å². The Morgan fingerprint density at radius 1 is 1.01 bits per heavy atom. The van der Waals surface area contributed by atoms with Gasteiger partial charge in [-0.1, -0.05) is 96.9 Å². The zero-order valence-electron chi connectivity index (χ0n) is 42.2. The Morgan fingerprint density at radius 2 is 1.68 bits per heavy atom. The van der Waals surface area contributed by atoms with Gasteiger partial charge in [0.2, 0.25) is 11.8 Å². The number of benzene rings is 3. The van der Waals surface area contributed by atoms with Crippen LogP contribution in [-0.4, -0.2) is 143 Å². The van der Waals surface area contributed by atoms with E-state index >= 15 is 0 Å². The third-order valence-electron chi connectivity index (χ3n) is 14.2. The van der Waals surface area contributed by atoms with Crippen LogP contribution in [0.3, 0.4) is 0 Å². The van der Waals surface area contributed by atoms with Gasteiger partial charge >= 0.3 is 18.2 Å². The van der Waals surface area contributed by atoms with Crippen molar-refractivity contribution < 1.29 is 62.2 Å². The Labute approximate surface area is 426 Å². The van der Waals surface area contributed by atoms with Gasteiger partial charge < -0.3 is 53.4 Å². The van der Waals surface area contributed by atoms with Gasteiger partial charge in [0.25, 0.3) is 0 Å². The lowest BCUT2D eigenvalue weighted by Gasteiger charge is -2.42. The molecule has 1 aliphatic carbocycles. The third kappa shape index (κ3) is 12.3. The highest BCUT2D eigenvalue weighted by molar-refractivity contribution is 6.34. The van der Waals surface area contributed by atoms with Gasteiger partial charge in [-0.3, -0.25) is 14.9 Å². The molecule has 7 rings (SSSR count). The number of esters is 1. The molecule has 2 saturated heterocycles. The van der Waals surface area contributed by atoms with Crippen molar-refractivity contribution in [2.45, 2.75) is 108 Å². The summed E-state index contributed by atoms with van der Waals surface area (Å²) >= 11 is 6.82. The smallest absolute Gasteiger partial charge is 0.409 e. The second-order valence-corrected chi connectivity index (χ2v) is 19.6. The first-order chi connectivity index (χ1) is 34.3. The minimum absolute atomic E-state index is 0.0402. The number of halogens is 1. The van der Waals surface area contributed by atoms with Crippen LogP contribution in [-0.2, 0) is 54.0 Å². The summed E-state index contributed by atoms with van der Waals surface area (Å²) < 4.78 is 40.6. The highest BCUT2D eigenvalue weighted by atomic mass is 35.5. The largest absolute Gasteiger partial charge is 0.457 e. The number of anilines is 1. The third-order valence-corrected chi connectivity index (χ3v) is 14.7. The van der Waals surface area contributed by atoms with Crippen molar-refractivity contribution >= 4 is 47.3 Å². The molecule has 0 aromatic heterocycles. The number of alkyl carbamates (subject to hydrolysis) is 2. The molecule has 0 radical (unpaired) electrons. The first kappa shape index (κ1) is 54.0. The van der Waals surface area contributed by atoms with E-state index in [-0.39, 0.29) is 70.7 Å². The van der Waals surface area contributed by atoms with Crippen molar-refractivity contribution in [3.8, 4) is 11.1 Å². The molecule has 4 amide bonds. The number of carbonyl (C=O) groups excluding carboxylic acids is 5. The fraction of sp³-hybridized carbons (Fsp3) is 0.500. The molecule has 4 aliphatic rings. The zero-order valence-corrected chi connectivity index (χ0v) is 43.0. The molecule has 0 saturated carbocycles. The number of amides is 4. The van der Waals surface area contributed by atoms with E-state index in [0.29, 0.717) is 17.1 Å². The van der Waals surface area contributed by atoms with Gasteiger partial charge in [0.05, 0.1) is 56.1 Å². The van der Waals surface area contributed by atoms with Crippen molar-refractivity contribution in [2.24, 2.45) is 5.92 Å². The Hall–Kier alpha value is -5.82. The molecule has 3 aromatic carbocycles. The van der Waals surface area contributed by atoms with Crippen LogP contribution in [0.5, 0.6) is 0 Å². The standard InChI is InChI=1S/C54H67ClN4O13/c1-32-14-13-19-44(66-8)54(65)30-43(70-52(64)57-54)34(3)49-53(5,72-49)45(29-47(61)59(7)42-28-36(26-32)27-33(2)48(42)55)71-50(62)35(4)58(6)46(60)20-22-67-24-25-68-23-21-56-51(63)69-31-41-39-17-11-9-15-37(39)38-16-10-12-18-40(38)41/h9-19,27-28,34-35,41,43-45,49,65H,20-26,29-31H2,1-8H3,(H,56,63)(H,57,64)/b19-13+,32-14+/t34-,35+,43+,44-,45+,49?,53+,54-/m1/s1. The summed E-state index contributed by atoms with van der Waals surface area (Å²) in [5.74, 6) is -2.17. The van der Waals surface area contributed by atoms with E-state index < -0.39 is 71.8 Å². The van der Waals surface area contributed by atoms with Crippen LogP contribution < -0.4 is 15.5 Å². The fourth-order valence-electron chi connectivity index (χ4n) is 9.79. The van der Waals surface area contributed by atoms with Gasteiger partial charge in [-0.15, -0.1) is 0 Å². The lowest BCUT2D eigenvalue weighted by atomic mass is 9.83. The molecule has 388 valence electrons. The Morgan fingerprint density at radius 3 is 2.36 bits per heavy atom. The Kier molecular flexibility index (Phi) is 17.5. The number of fused-ring (bicyclic) bond motifs is 8. The average molecular weight is 1020 g/mol. The van der Waals surface area contributed by atoms with Crippen molar-refractivity contribution in [1.82, 2.24) is 15.5 Å². The summed E-state index contributed by atoms with van der Waals surface area (Å²) in [6.45, 7) is 9.96. The normalized spacial score (nSPS) is 26.6. The maximum Gasteiger partial charge on any atom is 0.409 e. The number of aliphatic hydroxyl groups is 1. The Bertz CT molecular complexity index is 2510. The van der Waals surface area contributed by atoms with Gasteiger partial charge in [-0.25, -0.2) is 14.4 Å². The first-order valence-electron chi connectivity index (χ1n) is 24.4. The van der Waals surface area contributed by atoms with Crippen LogP contribution in [0.2, 0.25) is 5.02 Å². The molecule has 17 nitrogen and oxygen atoms in total. The molecule has 3 aliphatic heterocycles. The van der Waals surface area contributed by atoms with Gasteiger partial charge in [-0.2, -0.15) is 0 Å². The lowest BCUT2D eigenvalue weighted by Crippen LogP contribution is -2.63. The summed E-state index contributed by atoms with van der Waals surface area (Å²) in [6, 6.07) is 19.0. The van der Waals surface area contributed by atoms with E-state index in [1.54, 1.807) is 33.0 Å². The summed E-state index contributed by atoms with van der Waals surface area (Å²) in [6.07, 6.45) is 0.311. The van der Waals surface area contributed by atoms with Crippen molar-refractivity contribution in [1.29, 1.82) is 0 Å². The van der Waals surface area contributed by atoms with Gasteiger partial charge in [-0.05, 0) is 73.6 Å². The summed E-state index contributed by atoms with van der Waals surface area (Å²) in [7, 11) is 4.52. The first-order valence-corrected chi connectivity index (χ1v) is 24.7. The molecular weight excluding hydrogens is 948 g/mol. The molecule has 0 spiro atoms. The average Bonchev–Trinajstić information content (AvgIpc) is 3.95. The number of methoxy groups -OCH3 is 1. The van der Waals surface area contributed by atoms with Gasteiger partial charge in [0.1, 0.15) is 36.6 Å². The molecule has 3 aromatic rings. The van der Waals surface area contributed by atoms with Crippen LogP contribution in [0.15, 0.2) is 84.5 Å². The minimum atomic E-state index is -1.84. The maximum absolute atomic E-state index is 14.3. The number of hydrogen-bond acceptors (Lipinski definition) is 13. The lowest BCUT2D eigenvalue weighted by molar-refractivity contribution is -0.162. The van der Waals surface area contributed by atoms with E-state index in [9.17, 15) is 29.1 Å². The number of ether oxygens (including phenoxy) is 7.